The van der Waals surface area contributed by atoms with E-state index in [0.29, 0.717) is 5.92 Å². The van der Waals surface area contributed by atoms with Crippen LogP contribution in [0.25, 0.3) is 0 Å². The molecule has 3 heteroatoms. The molecule has 17 heavy (non-hydrogen) atoms. The van der Waals surface area contributed by atoms with Crippen molar-refractivity contribution in [3.63, 3.8) is 0 Å². The molecule has 1 amide bonds. The molecular formula is C14H23NO2. The zero-order chi connectivity index (χ0) is 13.1. The highest BCUT2D eigenvalue weighted by atomic mass is 16.6. The SMILES string of the molecule is CC#CC1CCC(C)CN1C(=O)OC(C)(C)C. The van der Waals surface area contributed by atoms with Gasteiger partial charge in [0.1, 0.15) is 5.60 Å². The lowest BCUT2D eigenvalue weighted by molar-refractivity contribution is 0.0109. The number of piperidine rings is 1. The van der Waals surface area contributed by atoms with E-state index in [1.807, 2.05) is 27.7 Å². The van der Waals surface area contributed by atoms with Gasteiger partial charge >= 0.3 is 6.09 Å². The molecule has 0 aromatic carbocycles. The summed E-state index contributed by atoms with van der Waals surface area (Å²) in [4.78, 5) is 13.9. The fourth-order valence-electron chi connectivity index (χ4n) is 1.99. The van der Waals surface area contributed by atoms with Crippen LogP contribution in [-0.4, -0.2) is 29.2 Å². The Bertz CT molecular complexity index is 332. The summed E-state index contributed by atoms with van der Waals surface area (Å²) in [5.41, 5.74) is -0.442. The van der Waals surface area contributed by atoms with Crippen molar-refractivity contribution in [3.8, 4) is 11.8 Å². The molecule has 0 radical (unpaired) electrons. The molecule has 2 unspecified atom stereocenters. The first-order chi connectivity index (χ1) is 7.83. The summed E-state index contributed by atoms with van der Waals surface area (Å²) in [5, 5.41) is 0. The van der Waals surface area contributed by atoms with Gasteiger partial charge in [0.2, 0.25) is 0 Å². The highest BCUT2D eigenvalue weighted by Gasteiger charge is 2.31. The maximum Gasteiger partial charge on any atom is 0.411 e. The van der Waals surface area contributed by atoms with Gasteiger partial charge in [-0.1, -0.05) is 12.8 Å². The Morgan fingerprint density at radius 1 is 1.35 bits per heavy atom. The van der Waals surface area contributed by atoms with Crippen molar-refractivity contribution in [1.82, 2.24) is 4.90 Å². The Morgan fingerprint density at radius 2 is 2.00 bits per heavy atom. The molecule has 0 aromatic heterocycles. The van der Waals surface area contributed by atoms with E-state index in [-0.39, 0.29) is 12.1 Å². The molecular weight excluding hydrogens is 214 g/mol. The molecule has 1 heterocycles. The van der Waals surface area contributed by atoms with Crippen LogP contribution in [0.15, 0.2) is 0 Å². The monoisotopic (exact) mass is 237 g/mol. The van der Waals surface area contributed by atoms with E-state index >= 15 is 0 Å². The summed E-state index contributed by atoms with van der Waals surface area (Å²) in [7, 11) is 0. The van der Waals surface area contributed by atoms with Gasteiger partial charge in [0.05, 0.1) is 6.04 Å². The summed E-state index contributed by atoms with van der Waals surface area (Å²) in [6.45, 7) is 10.4. The number of carbonyl (C=O) groups excluding carboxylic acids is 1. The van der Waals surface area contributed by atoms with Crippen LogP contribution in [0.3, 0.4) is 0 Å². The lowest BCUT2D eigenvalue weighted by atomic mass is 9.95. The van der Waals surface area contributed by atoms with Crippen LogP contribution >= 0.6 is 0 Å². The van der Waals surface area contributed by atoms with Gasteiger partial charge in [-0.3, -0.25) is 4.90 Å². The molecule has 0 spiro atoms. The second kappa shape index (κ2) is 5.44. The van der Waals surface area contributed by atoms with Crippen molar-refractivity contribution >= 4 is 6.09 Å². The minimum atomic E-state index is -0.442. The summed E-state index contributed by atoms with van der Waals surface area (Å²) >= 11 is 0. The Labute approximate surface area is 105 Å². The van der Waals surface area contributed by atoms with E-state index in [4.69, 9.17) is 4.74 Å². The predicted molar refractivity (Wildman–Crippen MR) is 68.6 cm³/mol. The lowest BCUT2D eigenvalue weighted by Gasteiger charge is -2.36. The number of nitrogens with zero attached hydrogens (tertiary/aromatic N) is 1. The second-order valence-corrected chi connectivity index (χ2v) is 5.73. The first kappa shape index (κ1) is 13.9. The molecule has 0 aromatic rings. The zero-order valence-electron chi connectivity index (χ0n) is 11.5. The quantitative estimate of drug-likeness (QED) is 0.606. The van der Waals surface area contributed by atoms with Crippen LogP contribution < -0.4 is 0 Å². The van der Waals surface area contributed by atoms with Gasteiger partial charge in [-0.05, 0) is 46.5 Å². The van der Waals surface area contributed by atoms with Crippen molar-refractivity contribution in [1.29, 1.82) is 0 Å². The number of carbonyl (C=O) groups is 1. The molecule has 96 valence electrons. The van der Waals surface area contributed by atoms with Gasteiger partial charge in [-0.2, -0.15) is 0 Å². The van der Waals surface area contributed by atoms with E-state index in [0.717, 1.165) is 19.4 Å². The minimum Gasteiger partial charge on any atom is -0.444 e. The van der Waals surface area contributed by atoms with E-state index in [1.165, 1.54) is 0 Å². The second-order valence-electron chi connectivity index (χ2n) is 5.73. The number of rotatable bonds is 0. The van der Waals surface area contributed by atoms with Crippen molar-refractivity contribution in [2.45, 2.75) is 59.1 Å². The Morgan fingerprint density at radius 3 is 2.53 bits per heavy atom. The summed E-state index contributed by atoms with van der Waals surface area (Å²) in [5.74, 6) is 6.52. The van der Waals surface area contributed by atoms with Crippen molar-refractivity contribution in [2.24, 2.45) is 5.92 Å². The van der Waals surface area contributed by atoms with Gasteiger partial charge in [0, 0.05) is 6.54 Å². The minimum absolute atomic E-state index is 0.0195. The van der Waals surface area contributed by atoms with Gasteiger partial charge < -0.3 is 4.74 Å². The molecule has 1 fully saturated rings. The molecule has 1 saturated heterocycles. The topological polar surface area (TPSA) is 29.5 Å². The summed E-state index contributed by atoms with van der Waals surface area (Å²) < 4.78 is 5.42. The fourth-order valence-corrected chi connectivity index (χ4v) is 1.99. The Kier molecular flexibility index (Phi) is 4.45. The summed E-state index contributed by atoms with van der Waals surface area (Å²) in [6.07, 6.45) is 1.83. The van der Waals surface area contributed by atoms with Gasteiger partial charge in [-0.15, -0.1) is 5.92 Å². The van der Waals surface area contributed by atoms with E-state index in [9.17, 15) is 4.79 Å². The van der Waals surface area contributed by atoms with Crippen LogP contribution in [0.1, 0.15) is 47.5 Å². The van der Waals surface area contributed by atoms with Gasteiger partial charge in [0.15, 0.2) is 0 Å². The Hall–Kier alpha value is -1.17. The van der Waals surface area contributed by atoms with E-state index in [1.54, 1.807) is 4.90 Å². The molecule has 3 nitrogen and oxygen atoms in total. The predicted octanol–water partition coefficient (Wildman–Crippen LogP) is 3.05. The molecule has 1 aliphatic heterocycles. The zero-order valence-corrected chi connectivity index (χ0v) is 11.5. The molecule has 0 bridgehead atoms. The first-order valence-electron chi connectivity index (χ1n) is 6.25. The Balaban J connectivity index is 2.74. The third-order valence-corrected chi connectivity index (χ3v) is 2.76. The van der Waals surface area contributed by atoms with Gasteiger partial charge in [0.25, 0.3) is 0 Å². The number of hydrogen-bond donors (Lipinski definition) is 0. The number of likely N-dealkylation sites (tertiary alicyclic amines) is 1. The molecule has 0 saturated carbocycles. The maximum absolute atomic E-state index is 12.1. The third-order valence-electron chi connectivity index (χ3n) is 2.76. The smallest absolute Gasteiger partial charge is 0.411 e. The highest BCUT2D eigenvalue weighted by molar-refractivity contribution is 5.69. The van der Waals surface area contributed by atoms with Crippen molar-refractivity contribution in [2.75, 3.05) is 6.54 Å². The average Bonchev–Trinajstić information content (AvgIpc) is 2.18. The number of hydrogen-bond acceptors (Lipinski definition) is 2. The van der Waals surface area contributed by atoms with Crippen LogP contribution in [0.5, 0.6) is 0 Å². The first-order valence-corrected chi connectivity index (χ1v) is 6.25. The molecule has 0 aliphatic carbocycles. The molecule has 1 rings (SSSR count). The molecule has 0 N–H and O–H groups in total. The fraction of sp³-hybridized carbons (Fsp3) is 0.786. The number of ether oxygens (including phenoxy) is 1. The largest absolute Gasteiger partial charge is 0.444 e. The van der Waals surface area contributed by atoms with Crippen LogP contribution in [0.4, 0.5) is 4.79 Å². The van der Waals surface area contributed by atoms with Crippen molar-refractivity contribution < 1.29 is 9.53 Å². The third kappa shape index (κ3) is 4.30. The van der Waals surface area contributed by atoms with E-state index < -0.39 is 5.60 Å². The average molecular weight is 237 g/mol. The summed E-state index contributed by atoms with van der Waals surface area (Å²) in [6, 6.07) is 0.0195. The molecule has 1 aliphatic rings. The standard InChI is InChI=1S/C14H23NO2/c1-6-7-12-9-8-11(2)10-15(12)13(16)17-14(3,4)5/h11-12H,8-10H2,1-5H3. The molecule has 2 atom stereocenters. The number of amides is 1. The van der Waals surface area contributed by atoms with Crippen LogP contribution in [0.2, 0.25) is 0 Å². The lowest BCUT2D eigenvalue weighted by Crippen LogP contribution is -2.47. The normalized spacial score (nSPS) is 24.9. The van der Waals surface area contributed by atoms with E-state index in [2.05, 4.69) is 18.8 Å². The van der Waals surface area contributed by atoms with Crippen LogP contribution in [0, 0.1) is 17.8 Å². The van der Waals surface area contributed by atoms with Crippen LogP contribution in [-0.2, 0) is 4.74 Å². The van der Waals surface area contributed by atoms with Crippen molar-refractivity contribution in [3.05, 3.63) is 0 Å². The highest BCUT2D eigenvalue weighted by Crippen LogP contribution is 2.23. The maximum atomic E-state index is 12.1. The van der Waals surface area contributed by atoms with Gasteiger partial charge in [-0.25, -0.2) is 4.79 Å².